The molecular formula is C10H12BrNOS. The molecule has 1 aliphatic heterocycles. The SMILES string of the molecule is NC(C1=CCCCO1)c1sccc1Br. The van der Waals surface area contributed by atoms with Crippen molar-refractivity contribution in [2.24, 2.45) is 5.73 Å². The van der Waals surface area contributed by atoms with E-state index in [-0.39, 0.29) is 6.04 Å². The van der Waals surface area contributed by atoms with Crippen LogP contribution in [0.2, 0.25) is 0 Å². The molecule has 1 unspecified atom stereocenters. The summed E-state index contributed by atoms with van der Waals surface area (Å²) in [6, 6.07) is 1.91. The van der Waals surface area contributed by atoms with Crippen molar-refractivity contribution in [3.05, 3.63) is 32.6 Å². The molecule has 2 nitrogen and oxygen atoms in total. The molecule has 2 heterocycles. The lowest BCUT2D eigenvalue weighted by molar-refractivity contribution is 0.176. The molecule has 0 saturated carbocycles. The Kier molecular flexibility index (Phi) is 3.26. The Labute approximate surface area is 95.9 Å². The maximum atomic E-state index is 6.10. The monoisotopic (exact) mass is 273 g/mol. The number of hydrogen-bond donors (Lipinski definition) is 1. The summed E-state index contributed by atoms with van der Waals surface area (Å²) in [5.41, 5.74) is 6.10. The highest BCUT2D eigenvalue weighted by molar-refractivity contribution is 9.10. The average molecular weight is 274 g/mol. The van der Waals surface area contributed by atoms with Crippen LogP contribution in [0.15, 0.2) is 27.8 Å². The second-order valence-corrected chi connectivity index (χ2v) is 5.01. The molecule has 1 aliphatic rings. The van der Waals surface area contributed by atoms with Crippen LogP contribution in [-0.4, -0.2) is 6.61 Å². The second kappa shape index (κ2) is 4.47. The van der Waals surface area contributed by atoms with Crippen LogP contribution in [0.25, 0.3) is 0 Å². The summed E-state index contributed by atoms with van der Waals surface area (Å²) in [6.45, 7) is 0.794. The van der Waals surface area contributed by atoms with Crippen LogP contribution in [0.1, 0.15) is 23.8 Å². The second-order valence-electron chi connectivity index (χ2n) is 3.21. The topological polar surface area (TPSA) is 35.2 Å². The molecule has 0 aromatic carbocycles. The van der Waals surface area contributed by atoms with Gasteiger partial charge in [-0.1, -0.05) is 0 Å². The van der Waals surface area contributed by atoms with Crippen molar-refractivity contribution in [2.75, 3.05) is 6.61 Å². The first-order valence-electron chi connectivity index (χ1n) is 4.60. The first kappa shape index (κ1) is 10.2. The average Bonchev–Trinajstić information content (AvgIpc) is 2.65. The van der Waals surface area contributed by atoms with E-state index < -0.39 is 0 Å². The molecule has 0 spiro atoms. The van der Waals surface area contributed by atoms with E-state index in [9.17, 15) is 0 Å². The van der Waals surface area contributed by atoms with Crippen molar-refractivity contribution < 1.29 is 4.74 Å². The zero-order chi connectivity index (χ0) is 9.97. The first-order chi connectivity index (χ1) is 6.79. The summed E-state index contributed by atoms with van der Waals surface area (Å²) in [5.74, 6) is 0.916. The van der Waals surface area contributed by atoms with E-state index in [0.717, 1.165) is 34.6 Å². The Morgan fingerprint density at radius 3 is 3.00 bits per heavy atom. The summed E-state index contributed by atoms with van der Waals surface area (Å²) in [5, 5.41) is 2.03. The number of halogens is 1. The molecule has 14 heavy (non-hydrogen) atoms. The largest absolute Gasteiger partial charge is 0.496 e. The minimum atomic E-state index is -0.107. The van der Waals surface area contributed by atoms with E-state index in [1.165, 1.54) is 0 Å². The van der Waals surface area contributed by atoms with Gasteiger partial charge in [0, 0.05) is 9.35 Å². The van der Waals surface area contributed by atoms with Crippen molar-refractivity contribution in [1.82, 2.24) is 0 Å². The van der Waals surface area contributed by atoms with Gasteiger partial charge in [0.2, 0.25) is 0 Å². The molecule has 0 saturated heterocycles. The summed E-state index contributed by atoms with van der Waals surface area (Å²) >= 11 is 5.14. The summed E-state index contributed by atoms with van der Waals surface area (Å²) in [6.07, 6.45) is 4.27. The summed E-state index contributed by atoms with van der Waals surface area (Å²) < 4.78 is 6.61. The lowest BCUT2D eigenvalue weighted by atomic mass is 10.1. The number of hydrogen-bond acceptors (Lipinski definition) is 3. The molecule has 1 aromatic heterocycles. The van der Waals surface area contributed by atoms with Crippen LogP contribution in [0, 0.1) is 0 Å². The van der Waals surface area contributed by atoms with Gasteiger partial charge in [0.25, 0.3) is 0 Å². The molecule has 76 valence electrons. The van der Waals surface area contributed by atoms with E-state index >= 15 is 0 Å². The zero-order valence-corrected chi connectivity index (χ0v) is 10.1. The Bertz CT molecular complexity index is 348. The van der Waals surface area contributed by atoms with Crippen molar-refractivity contribution in [3.8, 4) is 0 Å². The highest BCUT2D eigenvalue weighted by Crippen LogP contribution is 2.33. The maximum Gasteiger partial charge on any atom is 0.114 e. The van der Waals surface area contributed by atoms with Crippen molar-refractivity contribution >= 4 is 27.3 Å². The van der Waals surface area contributed by atoms with Gasteiger partial charge in [-0.2, -0.15) is 0 Å². The van der Waals surface area contributed by atoms with E-state index in [2.05, 4.69) is 22.0 Å². The highest BCUT2D eigenvalue weighted by Gasteiger charge is 2.18. The maximum absolute atomic E-state index is 6.10. The molecule has 1 aromatic rings. The lowest BCUT2D eigenvalue weighted by Gasteiger charge is -2.20. The van der Waals surface area contributed by atoms with Gasteiger partial charge in [0.1, 0.15) is 5.76 Å². The molecule has 0 radical (unpaired) electrons. The third kappa shape index (κ3) is 2.02. The quantitative estimate of drug-likeness (QED) is 0.898. The summed E-state index contributed by atoms with van der Waals surface area (Å²) in [7, 11) is 0. The zero-order valence-electron chi connectivity index (χ0n) is 7.70. The van der Waals surface area contributed by atoms with Gasteiger partial charge < -0.3 is 10.5 Å². The molecule has 2 N–H and O–H groups in total. The Hall–Kier alpha value is -0.320. The fraction of sp³-hybridized carbons (Fsp3) is 0.400. The molecular weight excluding hydrogens is 262 g/mol. The van der Waals surface area contributed by atoms with Crippen LogP contribution in [0.5, 0.6) is 0 Å². The van der Waals surface area contributed by atoms with Crippen LogP contribution >= 0.6 is 27.3 Å². The van der Waals surface area contributed by atoms with Crippen LogP contribution < -0.4 is 5.73 Å². The first-order valence-corrected chi connectivity index (χ1v) is 6.27. The van der Waals surface area contributed by atoms with Gasteiger partial charge in [-0.05, 0) is 46.3 Å². The molecule has 0 aliphatic carbocycles. The predicted molar refractivity (Wildman–Crippen MR) is 62.2 cm³/mol. The minimum Gasteiger partial charge on any atom is -0.496 e. The lowest BCUT2D eigenvalue weighted by Crippen LogP contribution is -2.17. The minimum absolute atomic E-state index is 0.107. The molecule has 1 atom stereocenters. The number of nitrogens with two attached hydrogens (primary N) is 1. The number of ether oxygens (including phenoxy) is 1. The molecule has 0 bridgehead atoms. The van der Waals surface area contributed by atoms with Gasteiger partial charge in [0.05, 0.1) is 12.6 Å². The number of thiophene rings is 1. The Morgan fingerprint density at radius 1 is 1.57 bits per heavy atom. The van der Waals surface area contributed by atoms with E-state index in [1.807, 2.05) is 11.4 Å². The molecule has 4 heteroatoms. The van der Waals surface area contributed by atoms with Crippen molar-refractivity contribution in [1.29, 1.82) is 0 Å². The van der Waals surface area contributed by atoms with E-state index in [4.69, 9.17) is 10.5 Å². The number of rotatable bonds is 2. The van der Waals surface area contributed by atoms with Crippen LogP contribution in [0.3, 0.4) is 0 Å². The van der Waals surface area contributed by atoms with Crippen LogP contribution in [0.4, 0.5) is 0 Å². The van der Waals surface area contributed by atoms with Gasteiger partial charge >= 0.3 is 0 Å². The van der Waals surface area contributed by atoms with Crippen molar-refractivity contribution in [3.63, 3.8) is 0 Å². The van der Waals surface area contributed by atoms with Gasteiger partial charge in [-0.3, -0.25) is 0 Å². The third-order valence-electron chi connectivity index (χ3n) is 2.20. The number of allylic oxidation sites excluding steroid dienone is 1. The van der Waals surface area contributed by atoms with Crippen LogP contribution in [-0.2, 0) is 4.74 Å². The fourth-order valence-electron chi connectivity index (χ4n) is 1.45. The molecule has 0 fully saturated rings. The fourth-order valence-corrected chi connectivity index (χ4v) is 3.08. The predicted octanol–water partition coefficient (Wildman–Crippen LogP) is 3.20. The molecule has 0 amide bonds. The van der Waals surface area contributed by atoms with E-state index in [1.54, 1.807) is 11.3 Å². The third-order valence-corrected chi connectivity index (χ3v) is 4.15. The smallest absolute Gasteiger partial charge is 0.114 e. The van der Waals surface area contributed by atoms with Gasteiger partial charge in [-0.25, -0.2) is 0 Å². The standard InChI is InChI=1S/C10H12BrNOS/c11-7-4-6-14-10(7)9(12)8-3-1-2-5-13-8/h3-4,6,9H,1-2,5,12H2. The summed E-state index contributed by atoms with van der Waals surface area (Å²) in [4.78, 5) is 1.14. The van der Waals surface area contributed by atoms with Gasteiger partial charge in [0.15, 0.2) is 0 Å². The van der Waals surface area contributed by atoms with E-state index in [0.29, 0.717) is 0 Å². The Balaban J connectivity index is 2.19. The highest BCUT2D eigenvalue weighted by atomic mass is 79.9. The molecule has 2 rings (SSSR count). The normalized spacial score (nSPS) is 18.6. The van der Waals surface area contributed by atoms with Gasteiger partial charge in [-0.15, -0.1) is 11.3 Å². The Morgan fingerprint density at radius 2 is 2.43 bits per heavy atom. The van der Waals surface area contributed by atoms with Crippen molar-refractivity contribution in [2.45, 2.75) is 18.9 Å².